The lowest BCUT2D eigenvalue weighted by Gasteiger charge is -2.31. The Hall–Kier alpha value is -0.590. The number of nitrogens with zero attached hydrogens (tertiary/aromatic N) is 2. The largest absolute Gasteiger partial charge is 0.303 e. The second-order valence-corrected chi connectivity index (χ2v) is 7.60. The van der Waals surface area contributed by atoms with Crippen molar-refractivity contribution in [2.75, 3.05) is 26.2 Å². The van der Waals surface area contributed by atoms with Gasteiger partial charge in [0.05, 0.1) is 6.07 Å². The van der Waals surface area contributed by atoms with E-state index in [1.165, 1.54) is 58.2 Å². The molecule has 4 atom stereocenters. The van der Waals surface area contributed by atoms with Crippen molar-refractivity contribution in [1.82, 2.24) is 10.2 Å². The Morgan fingerprint density at radius 2 is 1.95 bits per heavy atom. The normalized spacial score (nSPS) is 39.5. The van der Waals surface area contributed by atoms with E-state index in [1.54, 1.807) is 0 Å². The first-order valence-corrected chi connectivity index (χ1v) is 9.16. The Morgan fingerprint density at radius 3 is 2.62 bits per heavy atom. The van der Waals surface area contributed by atoms with Crippen LogP contribution in [-0.2, 0) is 0 Å². The molecule has 2 aliphatic carbocycles. The van der Waals surface area contributed by atoms with Gasteiger partial charge in [-0.2, -0.15) is 5.26 Å². The molecule has 3 heteroatoms. The van der Waals surface area contributed by atoms with Gasteiger partial charge < -0.3 is 4.90 Å². The molecule has 3 aliphatic rings. The van der Waals surface area contributed by atoms with Crippen LogP contribution in [0.1, 0.15) is 58.3 Å². The van der Waals surface area contributed by atoms with Gasteiger partial charge in [0.1, 0.15) is 5.54 Å². The van der Waals surface area contributed by atoms with Crippen LogP contribution in [-0.4, -0.2) is 36.6 Å². The topological polar surface area (TPSA) is 39.1 Å². The third-order valence-electron chi connectivity index (χ3n) is 6.31. The number of hydrogen-bond donors (Lipinski definition) is 1. The van der Waals surface area contributed by atoms with E-state index in [4.69, 9.17) is 0 Å². The van der Waals surface area contributed by atoms with Gasteiger partial charge in [0.15, 0.2) is 0 Å². The van der Waals surface area contributed by atoms with Gasteiger partial charge in [-0.05, 0) is 69.4 Å². The summed E-state index contributed by atoms with van der Waals surface area (Å²) in [6.07, 6.45) is 10.2. The lowest BCUT2D eigenvalue weighted by Crippen LogP contribution is -2.48. The summed E-state index contributed by atoms with van der Waals surface area (Å²) in [6, 6.07) is 2.65. The average Bonchev–Trinajstić information content (AvgIpc) is 3.17. The fourth-order valence-electron chi connectivity index (χ4n) is 5.09. The monoisotopic (exact) mass is 289 g/mol. The van der Waals surface area contributed by atoms with E-state index in [0.29, 0.717) is 5.92 Å². The third kappa shape index (κ3) is 3.12. The molecular formula is C18H31N3. The Kier molecular flexibility index (Phi) is 4.86. The molecule has 4 unspecified atom stereocenters. The predicted octanol–water partition coefficient (Wildman–Crippen LogP) is 3.17. The SMILES string of the molecule is CCCNC1(C#N)CCCC1CCN1CC2CCCC2C1. The maximum Gasteiger partial charge on any atom is 0.109 e. The van der Waals surface area contributed by atoms with E-state index in [-0.39, 0.29) is 5.54 Å². The van der Waals surface area contributed by atoms with Crippen LogP contribution < -0.4 is 5.32 Å². The highest BCUT2D eigenvalue weighted by Gasteiger charge is 2.43. The molecule has 0 amide bonds. The zero-order chi connectivity index (χ0) is 14.7. The number of nitrogens with one attached hydrogen (secondary N) is 1. The second kappa shape index (κ2) is 6.67. The summed E-state index contributed by atoms with van der Waals surface area (Å²) < 4.78 is 0. The van der Waals surface area contributed by atoms with Crippen molar-refractivity contribution in [3.63, 3.8) is 0 Å². The molecular weight excluding hydrogens is 258 g/mol. The molecule has 0 radical (unpaired) electrons. The number of fused-ring (bicyclic) bond motifs is 1. The first-order valence-electron chi connectivity index (χ1n) is 9.16. The summed E-state index contributed by atoms with van der Waals surface area (Å²) in [7, 11) is 0. The van der Waals surface area contributed by atoms with Gasteiger partial charge in [0.2, 0.25) is 0 Å². The maximum absolute atomic E-state index is 9.71. The predicted molar refractivity (Wildman–Crippen MR) is 85.9 cm³/mol. The van der Waals surface area contributed by atoms with E-state index >= 15 is 0 Å². The molecule has 21 heavy (non-hydrogen) atoms. The molecule has 118 valence electrons. The average molecular weight is 289 g/mol. The summed E-state index contributed by atoms with van der Waals surface area (Å²) in [5.41, 5.74) is -0.217. The number of nitriles is 1. The van der Waals surface area contributed by atoms with E-state index < -0.39 is 0 Å². The highest BCUT2D eigenvalue weighted by atomic mass is 15.2. The number of likely N-dealkylation sites (tertiary alicyclic amines) is 1. The summed E-state index contributed by atoms with van der Waals surface area (Å²) >= 11 is 0. The molecule has 3 fully saturated rings. The molecule has 3 nitrogen and oxygen atoms in total. The zero-order valence-corrected chi connectivity index (χ0v) is 13.6. The summed E-state index contributed by atoms with van der Waals surface area (Å²) in [4.78, 5) is 2.69. The first-order chi connectivity index (χ1) is 10.3. The molecule has 0 aromatic carbocycles. The van der Waals surface area contributed by atoms with E-state index in [2.05, 4.69) is 23.2 Å². The van der Waals surface area contributed by atoms with Crippen molar-refractivity contribution in [3.05, 3.63) is 0 Å². The minimum absolute atomic E-state index is 0.217. The molecule has 3 rings (SSSR count). The second-order valence-electron chi connectivity index (χ2n) is 7.60. The van der Waals surface area contributed by atoms with Crippen molar-refractivity contribution in [3.8, 4) is 6.07 Å². The van der Waals surface area contributed by atoms with Crippen LogP contribution in [0.4, 0.5) is 0 Å². The van der Waals surface area contributed by atoms with Gasteiger partial charge >= 0.3 is 0 Å². The molecule has 2 saturated carbocycles. The van der Waals surface area contributed by atoms with Gasteiger partial charge in [0.25, 0.3) is 0 Å². The summed E-state index contributed by atoms with van der Waals surface area (Å²) in [5, 5.41) is 13.3. The Bertz CT molecular complexity index is 376. The molecule has 0 spiro atoms. The van der Waals surface area contributed by atoms with Crippen molar-refractivity contribution in [2.24, 2.45) is 17.8 Å². The van der Waals surface area contributed by atoms with Gasteiger partial charge in [-0.1, -0.05) is 19.8 Å². The first kappa shape index (κ1) is 15.3. The number of rotatable bonds is 6. The molecule has 1 saturated heterocycles. The summed E-state index contributed by atoms with van der Waals surface area (Å²) in [5.74, 6) is 2.55. The van der Waals surface area contributed by atoms with Crippen LogP contribution in [0.25, 0.3) is 0 Å². The molecule has 1 N–H and O–H groups in total. The smallest absolute Gasteiger partial charge is 0.109 e. The fraction of sp³-hybridized carbons (Fsp3) is 0.944. The molecule has 1 aliphatic heterocycles. The van der Waals surface area contributed by atoms with Gasteiger partial charge in [-0.3, -0.25) is 5.32 Å². The Labute approximate surface area is 130 Å². The Balaban J connectivity index is 1.51. The highest BCUT2D eigenvalue weighted by Crippen LogP contribution is 2.40. The molecule has 0 aromatic rings. The van der Waals surface area contributed by atoms with Crippen LogP contribution >= 0.6 is 0 Å². The van der Waals surface area contributed by atoms with E-state index in [1.807, 2.05) is 0 Å². The van der Waals surface area contributed by atoms with Crippen molar-refractivity contribution in [1.29, 1.82) is 5.26 Å². The molecule has 0 aromatic heterocycles. The van der Waals surface area contributed by atoms with Gasteiger partial charge in [0, 0.05) is 13.1 Å². The molecule has 0 bridgehead atoms. The molecule has 1 heterocycles. The lowest BCUT2D eigenvalue weighted by molar-refractivity contribution is 0.240. The van der Waals surface area contributed by atoms with Crippen molar-refractivity contribution < 1.29 is 0 Å². The van der Waals surface area contributed by atoms with Crippen LogP contribution in [0.5, 0.6) is 0 Å². The quantitative estimate of drug-likeness (QED) is 0.816. The minimum atomic E-state index is -0.217. The van der Waals surface area contributed by atoms with E-state index in [9.17, 15) is 5.26 Å². The minimum Gasteiger partial charge on any atom is -0.303 e. The summed E-state index contributed by atoms with van der Waals surface area (Å²) in [6.45, 7) is 7.05. The van der Waals surface area contributed by atoms with Gasteiger partial charge in [-0.25, -0.2) is 0 Å². The van der Waals surface area contributed by atoms with Gasteiger partial charge in [-0.15, -0.1) is 0 Å². The van der Waals surface area contributed by atoms with Crippen molar-refractivity contribution in [2.45, 2.75) is 63.8 Å². The standard InChI is InChI=1S/C18H31N3/c1-2-10-20-18(14-19)9-4-7-17(18)8-11-21-12-15-5-3-6-16(15)13-21/h15-17,20H,2-13H2,1H3. The maximum atomic E-state index is 9.71. The number of hydrogen-bond acceptors (Lipinski definition) is 3. The van der Waals surface area contributed by atoms with Crippen LogP contribution in [0, 0.1) is 29.1 Å². The Morgan fingerprint density at radius 1 is 1.19 bits per heavy atom. The highest BCUT2D eigenvalue weighted by molar-refractivity contribution is 5.14. The van der Waals surface area contributed by atoms with Crippen LogP contribution in [0.15, 0.2) is 0 Å². The lowest BCUT2D eigenvalue weighted by atomic mass is 9.85. The third-order valence-corrected chi connectivity index (χ3v) is 6.31. The fourth-order valence-corrected chi connectivity index (χ4v) is 5.09. The van der Waals surface area contributed by atoms with Crippen molar-refractivity contribution >= 4 is 0 Å². The zero-order valence-electron chi connectivity index (χ0n) is 13.6. The van der Waals surface area contributed by atoms with Crippen LogP contribution in [0.2, 0.25) is 0 Å². The van der Waals surface area contributed by atoms with E-state index in [0.717, 1.165) is 31.2 Å². The van der Waals surface area contributed by atoms with Crippen LogP contribution in [0.3, 0.4) is 0 Å².